The van der Waals surface area contributed by atoms with Gasteiger partial charge in [0.2, 0.25) is 5.91 Å². The lowest BCUT2D eigenvalue weighted by Crippen LogP contribution is -2.27. The summed E-state index contributed by atoms with van der Waals surface area (Å²) in [5, 5.41) is 5.77. The highest BCUT2D eigenvalue weighted by atomic mass is 16.2. The number of nitrogens with one attached hydrogen (secondary N) is 2. The number of hydrogen-bond acceptors (Lipinski definition) is 5. The third-order valence-corrected chi connectivity index (χ3v) is 7.57. The van der Waals surface area contributed by atoms with Gasteiger partial charge < -0.3 is 10.6 Å². The second kappa shape index (κ2) is 10.3. The van der Waals surface area contributed by atoms with Gasteiger partial charge >= 0.3 is 0 Å². The van der Waals surface area contributed by atoms with Crippen molar-refractivity contribution in [3.05, 3.63) is 132 Å². The summed E-state index contributed by atoms with van der Waals surface area (Å²) < 4.78 is 0. The molecule has 2 amide bonds. The molecule has 1 saturated carbocycles. The molecule has 1 unspecified atom stereocenters. The Morgan fingerprint density at radius 1 is 1.02 bits per heavy atom. The van der Waals surface area contributed by atoms with E-state index in [1.807, 2.05) is 66.9 Å². The topological polar surface area (TPSA) is 96.9 Å². The molecule has 1 fully saturated rings. The van der Waals surface area contributed by atoms with Gasteiger partial charge in [-0.1, -0.05) is 43.8 Å². The molecule has 2 aliphatic rings. The van der Waals surface area contributed by atoms with Crippen molar-refractivity contribution in [1.29, 1.82) is 0 Å². The average Bonchev–Trinajstić information content (AvgIpc) is 3.83. The Morgan fingerprint density at radius 3 is 2.62 bits per heavy atom. The molecular weight excluding hydrogens is 498 g/mol. The molecule has 0 bridgehead atoms. The predicted octanol–water partition coefficient (Wildman–Crippen LogP) is 6.07. The number of carbonyl (C=O) groups excluding carboxylic acids is 2. The Labute approximate surface area is 233 Å². The molecule has 198 valence electrons. The Morgan fingerprint density at radius 2 is 1.85 bits per heavy atom. The molecule has 2 N–H and O–H groups in total. The van der Waals surface area contributed by atoms with E-state index >= 15 is 0 Å². The van der Waals surface area contributed by atoms with Crippen LogP contribution in [0, 0.1) is 0 Å². The van der Waals surface area contributed by atoms with Gasteiger partial charge in [0.15, 0.2) is 0 Å². The zero-order chi connectivity index (χ0) is 27.7. The van der Waals surface area contributed by atoms with Crippen LogP contribution in [-0.2, 0) is 16.6 Å². The monoisotopic (exact) mass is 527 g/mol. The summed E-state index contributed by atoms with van der Waals surface area (Å²) in [7, 11) is 0. The van der Waals surface area contributed by atoms with E-state index in [0.29, 0.717) is 29.4 Å². The average molecular weight is 528 g/mol. The first-order valence-electron chi connectivity index (χ1n) is 13.4. The molecule has 2 heterocycles. The molecule has 0 aliphatic heterocycles. The summed E-state index contributed by atoms with van der Waals surface area (Å²) in [6.45, 7) is 5.71. The second-order valence-corrected chi connectivity index (χ2v) is 10.6. The summed E-state index contributed by atoms with van der Waals surface area (Å²) in [6, 6.07) is 19.4. The van der Waals surface area contributed by atoms with Crippen LogP contribution in [0.2, 0.25) is 0 Å². The minimum absolute atomic E-state index is 0.186. The van der Waals surface area contributed by atoms with E-state index in [0.717, 1.165) is 28.0 Å². The highest BCUT2D eigenvalue weighted by molar-refractivity contribution is 6.04. The SMILES string of the molecule is C=CC(=O)Nc1cccc(C2=CC(C)(c3ccc(C(=O)Nc4cc(C5CC5)ccn4)cc3)Cc3cncnc32)c1. The van der Waals surface area contributed by atoms with Crippen LogP contribution in [0.25, 0.3) is 5.57 Å². The van der Waals surface area contributed by atoms with E-state index in [-0.39, 0.29) is 17.2 Å². The van der Waals surface area contributed by atoms with Crippen LogP contribution in [-0.4, -0.2) is 26.8 Å². The predicted molar refractivity (Wildman–Crippen MR) is 156 cm³/mol. The number of anilines is 2. The Hall–Kier alpha value is -4.91. The van der Waals surface area contributed by atoms with Gasteiger partial charge in [0.05, 0.1) is 5.69 Å². The Bertz CT molecular complexity index is 1660. The summed E-state index contributed by atoms with van der Waals surface area (Å²) in [4.78, 5) is 38.1. The van der Waals surface area contributed by atoms with Gasteiger partial charge in [-0.25, -0.2) is 15.0 Å². The van der Waals surface area contributed by atoms with Crippen molar-refractivity contribution >= 4 is 28.9 Å². The number of benzene rings is 2. The maximum Gasteiger partial charge on any atom is 0.256 e. The molecule has 6 rings (SSSR count). The van der Waals surface area contributed by atoms with E-state index in [2.05, 4.69) is 45.2 Å². The van der Waals surface area contributed by atoms with E-state index in [1.165, 1.54) is 24.5 Å². The number of carbonyl (C=O) groups is 2. The number of allylic oxidation sites excluding steroid dienone is 1. The molecule has 2 aromatic heterocycles. The molecule has 40 heavy (non-hydrogen) atoms. The van der Waals surface area contributed by atoms with Crippen LogP contribution >= 0.6 is 0 Å². The van der Waals surface area contributed by atoms with Crippen molar-refractivity contribution in [2.75, 3.05) is 10.6 Å². The molecular formula is C33H29N5O2. The standard InChI is InChI=1S/C33H29N5O2/c1-3-30(39)37-27-6-4-5-24(15-27)28-18-33(2,17-25-19-34-20-36-31(25)28)26-11-9-22(10-12-26)32(40)38-29-16-23(13-14-35-29)21-7-8-21/h3-6,9-16,18-21H,1,7-8,17H2,2H3,(H,37,39)(H,35,38,40). The molecule has 4 aromatic rings. The molecule has 2 aromatic carbocycles. The van der Waals surface area contributed by atoms with Crippen molar-refractivity contribution in [3.8, 4) is 0 Å². The zero-order valence-electron chi connectivity index (χ0n) is 22.2. The summed E-state index contributed by atoms with van der Waals surface area (Å²) in [6.07, 6.45) is 11.7. The zero-order valence-corrected chi connectivity index (χ0v) is 22.2. The minimum Gasteiger partial charge on any atom is -0.323 e. The maximum absolute atomic E-state index is 13.0. The van der Waals surface area contributed by atoms with Crippen LogP contribution in [0.1, 0.15) is 64.0 Å². The number of rotatable bonds is 7. The number of nitrogens with zero attached hydrogens (tertiary/aromatic N) is 3. The lowest BCUT2D eigenvalue weighted by molar-refractivity contribution is -0.111. The van der Waals surface area contributed by atoms with Crippen LogP contribution in [0.5, 0.6) is 0 Å². The molecule has 2 aliphatic carbocycles. The number of fused-ring (bicyclic) bond motifs is 1. The van der Waals surface area contributed by atoms with Gasteiger partial charge in [0, 0.05) is 34.6 Å². The fourth-order valence-electron chi connectivity index (χ4n) is 5.30. The largest absolute Gasteiger partial charge is 0.323 e. The van der Waals surface area contributed by atoms with E-state index in [1.54, 1.807) is 12.5 Å². The van der Waals surface area contributed by atoms with Crippen molar-refractivity contribution < 1.29 is 9.59 Å². The normalized spacial score (nSPS) is 17.8. The van der Waals surface area contributed by atoms with Gasteiger partial charge in [-0.15, -0.1) is 0 Å². The molecule has 1 atom stereocenters. The van der Waals surface area contributed by atoms with Crippen LogP contribution in [0.15, 0.2) is 98.1 Å². The number of hydrogen-bond donors (Lipinski definition) is 2. The first-order chi connectivity index (χ1) is 19.4. The first kappa shape index (κ1) is 25.4. The van der Waals surface area contributed by atoms with Crippen LogP contribution in [0.4, 0.5) is 11.5 Å². The van der Waals surface area contributed by atoms with Gasteiger partial charge in [-0.2, -0.15) is 0 Å². The molecule has 7 heteroatoms. The number of amides is 2. The minimum atomic E-state index is -0.372. The lowest BCUT2D eigenvalue weighted by Gasteiger charge is -2.33. The fourth-order valence-corrected chi connectivity index (χ4v) is 5.30. The summed E-state index contributed by atoms with van der Waals surface area (Å²) in [5.41, 5.74) is 6.98. The van der Waals surface area contributed by atoms with Gasteiger partial charge in [-0.3, -0.25) is 9.59 Å². The molecule has 0 radical (unpaired) electrons. The molecule has 0 saturated heterocycles. The van der Waals surface area contributed by atoms with Gasteiger partial charge in [0.1, 0.15) is 12.1 Å². The van der Waals surface area contributed by atoms with E-state index in [4.69, 9.17) is 0 Å². The van der Waals surface area contributed by atoms with Gasteiger partial charge in [0.25, 0.3) is 5.91 Å². The first-order valence-corrected chi connectivity index (χ1v) is 13.4. The van der Waals surface area contributed by atoms with Crippen molar-refractivity contribution in [2.45, 2.75) is 37.5 Å². The number of aromatic nitrogens is 3. The molecule has 0 spiro atoms. The molecule has 7 nitrogen and oxygen atoms in total. The van der Waals surface area contributed by atoms with Crippen LogP contribution in [0.3, 0.4) is 0 Å². The van der Waals surface area contributed by atoms with Crippen molar-refractivity contribution in [2.24, 2.45) is 0 Å². The lowest BCUT2D eigenvalue weighted by atomic mass is 9.71. The Balaban J connectivity index is 1.29. The van der Waals surface area contributed by atoms with E-state index < -0.39 is 0 Å². The van der Waals surface area contributed by atoms with Gasteiger partial charge in [-0.05, 0) is 89.9 Å². The maximum atomic E-state index is 13.0. The quantitative estimate of drug-likeness (QED) is 0.284. The number of pyridine rings is 1. The summed E-state index contributed by atoms with van der Waals surface area (Å²) in [5.74, 6) is 0.719. The smallest absolute Gasteiger partial charge is 0.256 e. The third kappa shape index (κ3) is 5.18. The van der Waals surface area contributed by atoms with Crippen molar-refractivity contribution in [3.63, 3.8) is 0 Å². The second-order valence-electron chi connectivity index (χ2n) is 10.6. The van der Waals surface area contributed by atoms with Crippen molar-refractivity contribution in [1.82, 2.24) is 15.0 Å². The fraction of sp³-hybridized carbons (Fsp3) is 0.182. The van der Waals surface area contributed by atoms with Crippen LogP contribution < -0.4 is 10.6 Å². The summed E-state index contributed by atoms with van der Waals surface area (Å²) >= 11 is 0. The highest BCUT2D eigenvalue weighted by Crippen LogP contribution is 2.42. The van der Waals surface area contributed by atoms with E-state index in [9.17, 15) is 9.59 Å². The third-order valence-electron chi connectivity index (χ3n) is 7.57. The Kier molecular flexibility index (Phi) is 6.56. The highest BCUT2D eigenvalue weighted by Gasteiger charge is 2.33.